The lowest BCUT2D eigenvalue weighted by Crippen LogP contribution is -2.19. The van der Waals surface area contributed by atoms with Gasteiger partial charge in [0.2, 0.25) is 0 Å². The number of hydrogen-bond donors (Lipinski definition) is 0. The van der Waals surface area contributed by atoms with Crippen molar-refractivity contribution in [2.24, 2.45) is 5.92 Å². The molecule has 0 spiro atoms. The summed E-state index contributed by atoms with van der Waals surface area (Å²) in [6.45, 7) is 6.92. The lowest BCUT2D eigenvalue weighted by molar-refractivity contribution is 0.0661. The Labute approximate surface area is 143 Å². The monoisotopic (exact) mass is 420 g/mol. The van der Waals surface area contributed by atoms with Gasteiger partial charge >= 0.3 is 0 Å². The molecule has 1 saturated heterocycles. The van der Waals surface area contributed by atoms with Crippen molar-refractivity contribution < 1.29 is 14.2 Å². The van der Waals surface area contributed by atoms with Gasteiger partial charge in [-0.1, -0.05) is 31.9 Å². The van der Waals surface area contributed by atoms with Crippen LogP contribution in [0.3, 0.4) is 0 Å². The molecule has 0 N–H and O–H groups in total. The van der Waals surface area contributed by atoms with E-state index >= 15 is 0 Å². The van der Waals surface area contributed by atoms with E-state index in [1.165, 1.54) is 5.56 Å². The van der Waals surface area contributed by atoms with E-state index in [1.54, 1.807) is 0 Å². The second kappa shape index (κ2) is 8.39. The van der Waals surface area contributed by atoms with Crippen molar-refractivity contribution >= 4 is 31.9 Å². The van der Waals surface area contributed by atoms with Crippen LogP contribution in [0.1, 0.15) is 37.1 Å². The van der Waals surface area contributed by atoms with Gasteiger partial charge in [0, 0.05) is 22.5 Å². The van der Waals surface area contributed by atoms with Gasteiger partial charge in [-0.25, -0.2) is 0 Å². The van der Waals surface area contributed by atoms with Crippen LogP contribution in [-0.2, 0) is 4.74 Å². The standard InChI is InChI=1S/C16H22Br2O3/c1-3-20-14-9-12(13(17)10-15(14)21-4-2)16(18)11-5-7-19-8-6-11/h9-11,16H,3-8H2,1-2H3. The summed E-state index contributed by atoms with van der Waals surface area (Å²) < 4.78 is 17.9. The Hall–Kier alpha value is -0.260. The van der Waals surface area contributed by atoms with Gasteiger partial charge in [-0.15, -0.1) is 0 Å². The van der Waals surface area contributed by atoms with Gasteiger partial charge in [-0.2, -0.15) is 0 Å². The highest BCUT2D eigenvalue weighted by Gasteiger charge is 2.26. The Balaban J connectivity index is 2.27. The van der Waals surface area contributed by atoms with Crippen molar-refractivity contribution in [2.75, 3.05) is 26.4 Å². The van der Waals surface area contributed by atoms with Gasteiger partial charge in [0.15, 0.2) is 11.5 Å². The summed E-state index contributed by atoms with van der Waals surface area (Å²) in [6, 6.07) is 4.10. The molecule has 1 aromatic carbocycles. The molecule has 1 fully saturated rings. The van der Waals surface area contributed by atoms with Gasteiger partial charge in [0.25, 0.3) is 0 Å². The van der Waals surface area contributed by atoms with Crippen LogP contribution in [0.5, 0.6) is 11.5 Å². The largest absolute Gasteiger partial charge is 0.490 e. The first-order chi connectivity index (χ1) is 10.2. The minimum Gasteiger partial charge on any atom is -0.490 e. The Morgan fingerprint density at radius 2 is 1.71 bits per heavy atom. The van der Waals surface area contributed by atoms with Crippen LogP contribution in [0.4, 0.5) is 0 Å². The molecule has 3 nitrogen and oxygen atoms in total. The smallest absolute Gasteiger partial charge is 0.162 e. The Morgan fingerprint density at radius 1 is 1.14 bits per heavy atom. The van der Waals surface area contributed by atoms with Crippen LogP contribution in [0.25, 0.3) is 0 Å². The molecule has 1 heterocycles. The SMILES string of the molecule is CCOc1cc(Br)c(C(Br)C2CCOCC2)cc1OCC. The molecule has 21 heavy (non-hydrogen) atoms. The number of ether oxygens (including phenoxy) is 3. The molecule has 0 saturated carbocycles. The first-order valence-electron chi connectivity index (χ1n) is 7.48. The van der Waals surface area contributed by atoms with Crippen LogP contribution < -0.4 is 9.47 Å². The summed E-state index contributed by atoms with van der Waals surface area (Å²) in [6.07, 6.45) is 2.17. The highest BCUT2D eigenvalue weighted by molar-refractivity contribution is 9.11. The van der Waals surface area contributed by atoms with E-state index in [0.29, 0.717) is 24.0 Å². The maximum Gasteiger partial charge on any atom is 0.162 e. The average Bonchev–Trinajstić information content (AvgIpc) is 2.50. The maximum absolute atomic E-state index is 5.73. The predicted octanol–water partition coefficient (Wildman–Crippen LogP) is 5.11. The van der Waals surface area contributed by atoms with E-state index < -0.39 is 0 Å². The van der Waals surface area contributed by atoms with Crippen molar-refractivity contribution in [3.05, 3.63) is 22.2 Å². The summed E-state index contributed by atoms with van der Waals surface area (Å²) in [5, 5.41) is 0. The van der Waals surface area contributed by atoms with E-state index in [-0.39, 0.29) is 0 Å². The van der Waals surface area contributed by atoms with E-state index in [2.05, 4.69) is 37.9 Å². The second-order valence-corrected chi connectivity index (χ2v) is 6.88. The topological polar surface area (TPSA) is 27.7 Å². The van der Waals surface area contributed by atoms with Crippen LogP contribution in [0, 0.1) is 5.92 Å². The Kier molecular flexibility index (Phi) is 6.83. The highest BCUT2D eigenvalue weighted by atomic mass is 79.9. The molecule has 2 rings (SSSR count). The first-order valence-corrected chi connectivity index (χ1v) is 9.19. The molecule has 0 aliphatic carbocycles. The third kappa shape index (κ3) is 4.36. The maximum atomic E-state index is 5.73. The van der Waals surface area contributed by atoms with E-state index in [0.717, 1.165) is 42.0 Å². The van der Waals surface area contributed by atoms with E-state index in [1.807, 2.05) is 19.9 Å². The van der Waals surface area contributed by atoms with Crippen molar-refractivity contribution in [1.29, 1.82) is 0 Å². The van der Waals surface area contributed by atoms with Gasteiger partial charge in [-0.05, 0) is 50.3 Å². The van der Waals surface area contributed by atoms with Crippen molar-refractivity contribution in [3.8, 4) is 11.5 Å². The molecule has 1 aliphatic heterocycles. The summed E-state index contributed by atoms with van der Waals surface area (Å²) in [7, 11) is 0. The van der Waals surface area contributed by atoms with Crippen molar-refractivity contribution in [2.45, 2.75) is 31.5 Å². The number of alkyl halides is 1. The molecule has 118 valence electrons. The molecule has 1 atom stereocenters. The summed E-state index contributed by atoms with van der Waals surface area (Å²) in [4.78, 5) is 0.297. The third-order valence-electron chi connectivity index (χ3n) is 3.64. The average molecular weight is 422 g/mol. The number of halogens is 2. The number of hydrogen-bond acceptors (Lipinski definition) is 3. The highest BCUT2D eigenvalue weighted by Crippen LogP contribution is 2.44. The molecule has 1 unspecified atom stereocenters. The zero-order chi connectivity index (χ0) is 15.2. The van der Waals surface area contributed by atoms with Gasteiger partial charge in [0.1, 0.15) is 0 Å². The zero-order valence-electron chi connectivity index (χ0n) is 12.5. The summed E-state index contributed by atoms with van der Waals surface area (Å²) in [5.41, 5.74) is 1.22. The normalized spacial score (nSPS) is 17.5. The fourth-order valence-electron chi connectivity index (χ4n) is 2.56. The molecule has 0 aromatic heterocycles. The number of rotatable bonds is 6. The third-order valence-corrected chi connectivity index (χ3v) is 5.57. The summed E-state index contributed by atoms with van der Waals surface area (Å²) in [5.74, 6) is 2.19. The molecule has 5 heteroatoms. The fourth-order valence-corrected chi connectivity index (χ4v) is 4.34. The number of benzene rings is 1. The van der Waals surface area contributed by atoms with Crippen LogP contribution in [0.15, 0.2) is 16.6 Å². The lowest BCUT2D eigenvalue weighted by atomic mass is 9.92. The summed E-state index contributed by atoms with van der Waals surface area (Å²) >= 11 is 7.54. The predicted molar refractivity (Wildman–Crippen MR) is 91.7 cm³/mol. The molecule has 0 amide bonds. The van der Waals surface area contributed by atoms with Gasteiger partial charge in [-0.3, -0.25) is 0 Å². The van der Waals surface area contributed by atoms with Crippen LogP contribution in [0.2, 0.25) is 0 Å². The zero-order valence-corrected chi connectivity index (χ0v) is 15.7. The Morgan fingerprint density at radius 3 is 2.29 bits per heavy atom. The molecule has 0 bridgehead atoms. The fraction of sp³-hybridized carbons (Fsp3) is 0.625. The van der Waals surface area contributed by atoms with Crippen LogP contribution >= 0.6 is 31.9 Å². The minimum absolute atomic E-state index is 0.297. The molecule has 1 aromatic rings. The van der Waals surface area contributed by atoms with Crippen LogP contribution in [-0.4, -0.2) is 26.4 Å². The molecular weight excluding hydrogens is 400 g/mol. The molecule has 0 radical (unpaired) electrons. The van der Waals surface area contributed by atoms with Gasteiger partial charge < -0.3 is 14.2 Å². The first kappa shape index (κ1) is 17.1. The van der Waals surface area contributed by atoms with Crippen molar-refractivity contribution in [3.63, 3.8) is 0 Å². The van der Waals surface area contributed by atoms with Gasteiger partial charge in [0.05, 0.1) is 13.2 Å². The van der Waals surface area contributed by atoms with E-state index in [9.17, 15) is 0 Å². The Bertz CT molecular complexity index is 459. The molecular formula is C16H22Br2O3. The quantitative estimate of drug-likeness (QED) is 0.597. The second-order valence-electron chi connectivity index (χ2n) is 5.04. The van der Waals surface area contributed by atoms with E-state index in [4.69, 9.17) is 14.2 Å². The lowest BCUT2D eigenvalue weighted by Gasteiger charge is -2.28. The molecule has 1 aliphatic rings. The minimum atomic E-state index is 0.297. The van der Waals surface area contributed by atoms with Crippen molar-refractivity contribution in [1.82, 2.24) is 0 Å².